The van der Waals surface area contributed by atoms with Crippen LogP contribution in [0, 0.1) is 0 Å². The van der Waals surface area contributed by atoms with Crippen molar-refractivity contribution in [1.82, 2.24) is 5.43 Å². The molecule has 0 fully saturated rings. The second kappa shape index (κ2) is 8.43. The van der Waals surface area contributed by atoms with Crippen LogP contribution in [-0.2, 0) is 4.79 Å². The first-order valence-electron chi connectivity index (χ1n) is 6.94. The van der Waals surface area contributed by atoms with Gasteiger partial charge in [-0.2, -0.15) is 5.10 Å². The lowest BCUT2D eigenvalue weighted by Crippen LogP contribution is -2.24. The molecule has 2 aromatic rings. The highest BCUT2D eigenvalue weighted by Gasteiger charge is 2.04. The molecule has 0 aliphatic heterocycles. The minimum absolute atomic E-state index is 0.104. The van der Waals surface area contributed by atoms with Crippen molar-refractivity contribution in [2.24, 2.45) is 5.10 Å². The lowest BCUT2D eigenvalue weighted by atomic mass is 10.2. The Morgan fingerprint density at radius 3 is 2.52 bits per heavy atom. The lowest BCUT2D eigenvalue weighted by molar-refractivity contribution is -0.123. The van der Waals surface area contributed by atoms with Crippen LogP contribution in [0.25, 0.3) is 0 Å². The van der Waals surface area contributed by atoms with Gasteiger partial charge < -0.3 is 14.2 Å². The van der Waals surface area contributed by atoms with Crippen molar-refractivity contribution in [3.05, 3.63) is 54.1 Å². The van der Waals surface area contributed by atoms with E-state index in [1.165, 1.54) is 6.21 Å². The predicted octanol–water partition coefficient (Wildman–Crippen LogP) is 2.23. The molecule has 0 saturated heterocycles. The maximum Gasteiger partial charge on any atom is 0.277 e. The SMILES string of the molecule is COc1ccc(/C=N/NC(=O)COc2ccccc2)cc1OC. The number of ether oxygens (including phenoxy) is 3. The van der Waals surface area contributed by atoms with E-state index in [0.717, 1.165) is 5.56 Å². The Labute approximate surface area is 134 Å². The zero-order chi connectivity index (χ0) is 16.5. The first kappa shape index (κ1) is 16.4. The van der Waals surface area contributed by atoms with E-state index in [9.17, 15) is 4.79 Å². The molecule has 2 aromatic carbocycles. The van der Waals surface area contributed by atoms with E-state index < -0.39 is 0 Å². The number of rotatable bonds is 7. The number of hydrogen-bond donors (Lipinski definition) is 1. The summed E-state index contributed by atoms with van der Waals surface area (Å²) < 4.78 is 15.7. The molecule has 0 aromatic heterocycles. The van der Waals surface area contributed by atoms with Gasteiger partial charge in [0.05, 0.1) is 20.4 Å². The molecule has 0 atom stereocenters. The molecule has 0 spiro atoms. The Bertz CT molecular complexity index is 672. The van der Waals surface area contributed by atoms with Gasteiger partial charge in [0.15, 0.2) is 18.1 Å². The second-order valence-corrected chi connectivity index (χ2v) is 4.51. The fourth-order valence-corrected chi connectivity index (χ4v) is 1.81. The summed E-state index contributed by atoms with van der Waals surface area (Å²) in [5.41, 5.74) is 3.17. The van der Waals surface area contributed by atoms with Gasteiger partial charge in [0.2, 0.25) is 0 Å². The first-order valence-corrected chi connectivity index (χ1v) is 6.94. The molecule has 0 saturated carbocycles. The summed E-state index contributed by atoms with van der Waals surface area (Å²) in [5.74, 6) is 1.51. The van der Waals surface area contributed by atoms with E-state index in [0.29, 0.717) is 17.2 Å². The molecule has 0 unspecified atom stereocenters. The number of nitrogens with one attached hydrogen (secondary N) is 1. The zero-order valence-electron chi connectivity index (χ0n) is 13.0. The van der Waals surface area contributed by atoms with Gasteiger partial charge in [-0.05, 0) is 35.9 Å². The third-order valence-electron chi connectivity index (χ3n) is 2.92. The molecule has 0 aliphatic rings. The van der Waals surface area contributed by atoms with Crippen LogP contribution in [0.4, 0.5) is 0 Å². The van der Waals surface area contributed by atoms with Gasteiger partial charge in [-0.3, -0.25) is 4.79 Å². The van der Waals surface area contributed by atoms with Gasteiger partial charge in [-0.15, -0.1) is 0 Å². The van der Waals surface area contributed by atoms with Crippen LogP contribution in [0.5, 0.6) is 17.2 Å². The molecule has 23 heavy (non-hydrogen) atoms. The Morgan fingerprint density at radius 1 is 1.09 bits per heavy atom. The number of benzene rings is 2. The third-order valence-corrected chi connectivity index (χ3v) is 2.92. The van der Waals surface area contributed by atoms with Crippen LogP contribution in [0.15, 0.2) is 53.6 Å². The molecule has 1 amide bonds. The molecule has 2 rings (SSSR count). The topological polar surface area (TPSA) is 69.2 Å². The summed E-state index contributed by atoms with van der Waals surface area (Å²) in [4.78, 5) is 11.6. The minimum atomic E-state index is -0.342. The van der Waals surface area contributed by atoms with Crippen molar-refractivity contribution in [1.29, 1.82) is 0 Å². The van der Waals surface area contributed by atoms with E-state index in [1.54, 1.807) is 44.6 Å². The summed E-state index contributed by atoms with van der Waals surface area (Å²) in [6.07, 6.45) is 1.52. The van der Waals surface area contributed by atoms with Crippen LogP contribution in [0.3, 0.4) is 0 Å². The summed E-state index contributed by atoms with van der Waals surface area (Å²) in [5, 5.41) is 3.88. The molecule has 0 heterocycles. The lowest BCUT2D eigenvalue weighted by Gasteiger charge is -2.07. The highest BCUT2D eigenvalue weighted by molar-refractivity contribution is 5.83. The molecule has 1 N–H and O–H groups in total. The Kier molecular flexibility index (Phi) is 5.99. The van der Waals surface area contributed by atoms with Crippen LogP contribution in [-0.4, -0.2) is 32.9 Å². The fourth-order valence-electron chi connectivity index (χ4n) is 1.81. The number of carbonyl (C=O) groups is 1. The maximum atomic E-state index is 11.6. The highest BCUT2D eigenvalue weighted by atomic mass is 16.5. The zero-order valence-corrected chi connectivity index (χ0v) is 13.0. The minimum Gasteiger partial charge on any atom is -0.493 e. The monoisotopic (exact) mass is 314 g/mol. The highest BCUT2D eigenvalue weighted by Crippen LogP contribution is 2.26. The molecule has 6 heteroatoms. The molecule has 120 valence electrons. The van der Waals surface area contributed by atoms with Crippen LogP contribution in [0.2, 0.25) is 0 Å². The van der Waals surface area contributed by atoms with Crippen molar-refractivity contribution >= 4 is 12.1 Å². The average Bonchev–Trinajstić information content (AvgIpc) is 2.60. The van der Waals surface area contributed by atoms with E-state index in [4.69, 9.17) is 14.2 Å². The first-order chi connectivity index (χ1) is 11.2. The summed E-state index contributed by atoms with van der Waals surface area (Å²) in [6.45, 7) is -0.104. The quantitative estimate of drug-likeness (QED) is 0.628. The van der Waals surface area contributed by atoms with Crippen molar-refractivity contribution in [3.8, 4) is 17.2 Å². The van der Waals surface area contributed by atoms with Gasteiger partial charge in [-0.25, -0.2) is 5.43 Å². The maximum absolute atomic E-state index is 11.6. The third kappa shape index (κ3) is 5.03. The van der Waals surface area contributed by atoms with E-state index in [2.05, 4.69) is 10.5 Å². The van der Waals surface area contributed by atoms with E-state index in [-0.39, 0.29) is 12.5 Å². The van der Waals surface area contributed by atoms with Crippen molar-refractivity contribution in [2.75, 3.05) is 20.8 Å². The molecule has 0 radical (unpaired) electrons. The standard InChI is InChI=1S/C17H18N2O4/c1-21-15-9-8-13(10-16(15)22-2)11-18-19-17(20)12-23-14-6-4-3-5-7-14/h3-11H,12H2,1-2H3,(H,19,20)/b18-11+. The van der Waals surface area contributed by atoms with Gasteiger partial charge in [0.25, 0.3) is 5.91 Å². The number of para-hydroxylation sites is 1. The van der Waals surface area contributed by atoms with Gasteiger partial charge >= 0.3 is 0 Å². The Balaban J connectivity index is 1.85. The van der Waals surface area contributed by atoms with Crippen molar-refractivity contribution in [3.63, 3.8) is 0 Å². The number of hydrazone groups is 1. The molecule has 0 aliphatic carbocycles. The molecular weight excluding hydrogens is 296 g/mol. The summed E-state index contributed by atoms with van der Waals surface area (Å²) in [7, 11) is 3.13. The number of amides is 1. The number of nitrogens with zero attached hydrogens (tertiary/aromatic N) is 1. The van der Waals surface area contributed by atoms with Crippen molar-refractivity contribution in [2.45, 2.75) is 0 Å². The smallest absolute Gasteiger partial charge is 0.277 e. The largest absolute Gasteiger partial charge is 0.493 e. The normalized spacial score (nSPS) is 10.3. The fraction of sp³-hybridized carbons (Fsp3) is 0.176. The predicted molar refractivity (Wildman–Crippen MR) is 87.2 cm³/mol. The number of methoxy groups -OCH3 is 2. The van der Waals surface area contributed by atoms with Gasteiger partial charge in [0.1, 0.15) is 5.75 Å². The summed E-state index contributed by atoms with van der Waals surface area (Å²) in [6, 6.07) is 14.4. The molecule has 6 nitrogen and oxygen atoms in total. The van der Waals surface area contributed by atoms with Gasteiger partial charge in [-0.1, -0.05) is 18.2 Å². The Morgan fingerprint density at radius 2 is 1.83 bits per heavy atom. The summed E-state index contributed by atoms with van der Waals surface area (Å²) >= 11 is 0. The van der Waals surface area contributed by atoms with Gasteiger partial charge in [0, 0.05) is 0 Å². The Hall–Kier alpha value is -3.02. The van der Waals surface area contributed by atoms with E-state index >= 15 is 0 Å². The molecular formula is C17H18N2O4. The van der Waals surface area contributed by atoms with Crippen LogP contribution >= 0.6 is 0 Å². The molecule has 0 bridgehead atoms. The second-order valence-electron chi connectivity index (χ2n) is 4.51. The average molecular weight is 314 g/mol. The van der Waals surface area contributed by atoms with E-state index in [1.807, 2.05) is 18.2 Å². The van der Waals surface area contributed by atoms with Crippen LogP contribution < -0.4 is 19.6 Å². The van der Waals surface area contributed by atoms with Crippen LogP contribution in [0.1, 0.15) is 5.56 Å². The number of hydrogen-bond acceptors (Lipinski definition) is 5. The number of carbonyl (C=O) groups excluding carboxylic acids is 1. The van der Waals surface area contributed by atoms with Crippen molar-refractivity contribution < 1.29 is 19.0 Å².